The minimum atomic E-state index is -3.64. The number of halogens is 1. The van der Waals surface area contributed by atoms with Crippen molar-refractivity contribution in [2.75, 3.05) is 11.4 Å². The lowest BCUT2D eigenvalue weighted by Crippen LogP contribution is -2.26. The Bertz CT molecular complexity index is 629. The van der Waals surface area contributed by atoms with Crippen molar-refractivity contribution in [3.8, 4) is 0 Å². The summed E-state index contributed by atoms with van der Waals surface area (Å²) in [6, 6.07) is 6.18. The number of nitrogens with zero attached hydrogens (tertiary/aromatic N) is 3. The molecule has 7 heteroatoms. The number of hydrogen-bond acceptors (Lipinski definition) is 4. The Morgan fingerprint density at radius 2 is 2.00 bits per heavy atom. The van der Waals surface area contributed by atoms with E-state index in [0.29, 0.717) is 5.69 Å². The molecule has 0 unspecified atom stereocenters. The van der Waals surface area contributed by atoms with Crippen molar-refractivity contribution in [2.24, 2.45) is 0 Å². The maximum Gasteiger partial charge on any atom is 0.265 e. The monoisotopic (exact) mass is 283 g/mol. The molecule has 0 N–H and O–H groups in total. The van der Waals surface area contributed by atoms with Crippen molar-refractivity contribution >= 4 is 27.3 Å². The molecule has 0 aliphatic rings. The summed E-state index contributed by atoms with van der Waals surface area (Å²) in [5.74, 6) is 0. The predicted molar refractivity (Wildman–Crippen MR) is 69.1 cm³/mol. The third-order valence-electron chi connectivity index (χ3n) is 2.37. The van der Waals surface area contributed by atoms with Crippen LogP contribution in [0.5, 0.6) is 0 Å². The van der Waals surface area contributed by atoms with Gasteiger partial charge in [-0.25, -0.2) is 13.4 Å². The van der Waals surface area contributed by atoms with Gasteiger partial charge < -0.3 is 0 Å². The number of sulfonamides is 1. The predicted octanol–water partition coefficient (Wildman–Crippen LogP) is 1.96. The smallest absolute Gasteiger partial charge is 0.265 e. The van der Waals surface area contributed by atoms with Crippen LogP contribution in [0.3, 0.4) is 0 Å². The number of rotatable bonds is 3. The Morgan fingerprint density at radius 1 is 1.22 bits per heavy atom. The Morgan fingerprint density at radius 3 is 2.56 bits per heavy atom. The molecule has 2 aromatic rings. The van der Waals surface area contributed by atoms with Gasteiger partial charge in [-0.15, -0.1) is 0 Å². The lowest BCUT2D eigenvalue weighted by molar-refractivity contribution is 0.594. The highest BCUT2D eigenvalue weighted by Crippen LogP contribution is 2.20. The van der Waals surface area contributed by atoms with Gasteiger partial charge in [0.25, 0.3) is 10.0 Å². The molecule has 0 radical (unpaired) electrons. The van der Waals surface area contributed by atoms with Crippen molar-refractivity contribution < 1.29 is 8.42 Å². The van der Waals surface area contributed by atoms with Gasteiger partial charge in [-0.3, -0.25) is 9.29 Å². The van der Waals surface area contributed by atoms with E-state index in [-0.39, 0.29) is 10.0 Å². The van der Waals surface area contributed by atoms with Gasteiger partial charge in [-0.1, -0.05) is 11.6 Å². The van der Waals surface area contributed by atoms with E-state index in [1.54, 1.807) is 18.3 Å². The second-order valence-electron chi connectivity index (χ2n) is 3.50. The summed E-state index contributed by atoms with van der Waals surface area (Å²) in [6.45, 7) is 0. The quantitative estimate of drug-likeness (QED) is 0.808. The molecule has 0 saturated heterocycles. The molecule has 0 saturated carbocycles. The van der Waals surface area contributed by atoms with Gasteiger partial charge in [0.15, 0.2) is 0 Å². The van der Waals surface area contributed by atoms with Crippen LogP contribution in [-0.4, -0.2) is 25.4 Å². The molecule has 2 aromatic heterocycles. The molecule has 94 valence electrons. The molecule has 0 aromatic carbocycles. The van der Waals surface area contributed by atoms with Gasteiger partial charge in [0, 0.05) is 19.4 Å². The molecule has 0 bridgehead atoms. The van der Waals surface area contributed by atoms with E-state index in [0.717, 1.165) is 4.31 Å². The first-order valence-corrected chi connectivity index (χ1v) is 6.84. The van der Waals surface area contributed by atoms with E-state index in [1.807, 2.05) is 0 Å². The number of anilines is 1. The summed E-state index contributed by atoms with van der Waals surface area (Å²) in [5.41, 5.74) is 0.479. The van der Waals surface area contributed by atoms with E-state index in [9.17, 15) is 8.42 Å². The van der Waals surface area contributed by atoms with Gasteiger partial charge in [0.2, 0.25) is 0 Å². The van der Waals surface area contributed by atoms with Gasteiger partial charge >= 0.3 is 0 Å². The van der Waals surface area contributed by atoms with Crippen LogP contribution in [0.25, 0.3) is 0 Å². The fraction of sp³-hybridized carbons (Fsp3) is 0.0909. The maximum absolute atomic E-state index is 12.3. The third-order valence-corrected chi connectivity index (χ3v) is 4.36. The largest absolute Gasteiger partial charge is 0.268 e. The highest BCUT2D eigenvalue weighted by atomic mass is 35.5. The van der Waals surface area contributed by atoms with Crippen molar-refractivity contribution in [3.63, 3.8) is 0 Å². The molecule has 0 atom stereocenters. The first-order chi connectivity index (χ1) is 8.51. The van der Waals surface area contributed by atoms with Crippen molar-refractivity contribution in [1.29, 1.82) is 0 Å². The van der Waals surface area contributed by atoms with Crippen molar-refractivity contribution in [1.82, 2.24) is 9.97 Å². The number of hydrogen-bond donors (Lipinski definition) is 0. The molecule has 0 fully saturated rings. The van der Waals surface area contributed by atoms with E-state index in [4.69, 9.17) is 11.6 Å². The van der Waals surface area contributed by atoms with Crippen LogP contribution in [-0.2, 0) is 10.0 Å². The van der Waals surface area contributed by atoms with Crippen LogP contribution in [0.2, 0.25) is 5.15 Å². The Balaban J connectivity index is 2.40. The van der Waals surface area contributed by atoms with Crippen molar-refractivity contribution in [2.45, 2.75) is 4.90 Å². The minimum Gasteiger partial charge on any atom is -0.268 e. The van der Waals surface area contributed by atoms with Crippen LogP contribution in [0.1, 0.15) is 0 Å². The zero-order valence-electron chi connectivity index (χ0n) is 9.49. The summed E-state index contributed by atoms with van der Waals surface area (Å²) in [5, 5.41) is 0.248. The highest BCUT2D eigenvalue weighted by Gasteiger charge is 2.21. The van der Waals surface area contributed by atoms with Crippen LogP contribution in [0.15, 0.2) is 47.8 Å². The molecule has 0 amide bonds. The minimum absolute atomic E-state index is 0.0817. The average Bonchev–Trinajstić information content (AvgIpc) is 2.39. The molecular formula is C11H10ClN3O2S. The highest BCUT2D eigenvalue weighted by molar-refractivity contribution is 7.92. The van der Waals surface area contributed by atoms with E-state index in [2.05, 4.69) is 9.97 Å². The van der Waals surface area contributed by atoms with Gasteiger partial charge in [0.1, 0.15) is 10.0 Å². The Hall–Kier alpha value is -1.66. The molecule has 2 rings (SSSR count). The van der Waals surface area contributed by atoms with E-state index in [1.165, 1.54) is 31.6 Å². The van der Waals surface area contributed by atoms with Gasteiger partial charge in [-0.05, 0) is 24.3 Å². The fourth-order valence-corrected chi connectivity index (χ4v) is 2.59. The van der Waals surface area contributed by atoms with Gasteiger partial charge in [0.05, 0.1) is 11.9 Å². The summed E-state index contributed by atoms with van der Waals surface area (Å²) in [7, 11) is -2.18. The molecule has 0 aliphatic carbocycles. The zero-order chi connectivity index (χ0) is 13.2. The maximum atomic E-state index is 12.3. The summed E-state index contributed by atoms with van der Waals surface area (Å²) < 4.78 is 25.7. The average molecular weight is 284 g/mol. The van der Waals surface area contributed by atoms with Crippen LogP contribution in [0, 0.1) is 0 Å². The van der Waals surface area contributed by atoms with E-state index < -0.39 is 10.0 Å². The number of pyridine rings is 2. The lowest BCUT2D eigenvalue weighted by Gasteiger charge is -2.18. The molecule has 0 aliphatic heterocycles. The first-order valence-electron chi connectivity index (χ1n) is 5.02. The fourth-order valence-electron chi connectivity index (χ4n) is 1.35. The summed E-state index contributed by atoms with van der Waals surface area (Å²) >= 11 is 5.63. The van der Waals surface area contributed by atoms with Crippen LogP contribution in [0.4, 0.5) is 5.69 Å². The lowest BCUT2D eigenvalue weighted by atomic mass is 10.4. The molecular weight excluding hydrogens is 274 g/mol. The SMILES string of the molecule is CN(c1cccnc1)S(=O)(=O)c1ccc(Cl)nc1. The second-order valence-corrected chi connectivity index (χ2v) is 5.86. The number of aromatic nitrogens is 2. The van der Waals surface area contributed by atoms with Crippen LogP contribution >= 0.6 is 11.6 Å². The van der Waals surface area contributed by atoms with Gasteiger partial charge in [-0.2, -0.15) is 0 Å². The Kier molecular flexibility index (Phi) is 3.49. The first kappa shape index (κ1) is 12.8. The molecule has 2 heterocycles. The van der Waals surface area contributed by atoms with E-state index >= 15 is 0 Å². The molecule has 5 nitrogen and oxygen atoms in total. The standard InChI is InChI=1S/C11H10ClN3O2S/c1-15(9-3-2-6-13-7-9)18(16,17)10-4-5-11(12)14-8-10/h2-8H,1H3. The Labute approximate surface area is 110 Å². The molecule has 18 heavy (non-hydrogen) atoms. The summed E-state index contributed by atoms with van der Waals surface area (Å²) in [4.78, 5) is 7.73. The molecule has 0 spiro atoms. The zero-order valence-corrected chi connectivity index (χ0v) is 11.1. The topological polar surface area (TPSA) is 63.2 Å². The van der Waals surface area contributed by atoms with Crippen molar-refractivity contribution in [3.05, 3.63) is 48.0 Å². The normalized spacial score (nSPS) is 11.2. The summed E-state index contributed by atoms with van der Waals surface area (Å²) in [6.07, 6.45) is 4.28. The van der Waals surface area contributed by atoms with Crippen LogP contribution < -0.4 is 4.31 Å². The third kappa shape index (κ3) is 2.44. The second kappa shape index (κ2) is 4.91.